The Morgan fingerprint density at radius 3 is 1.65 bits per heavy atom. The SMILES string of the molecule is O=S(=O)(O[I+](c1ccccc1)c1ccccc1)c1cc(Cl)c(Cl)cc1Cl. The fourth-order valence-corrected chi connectivity index (χ4v) is 10.0. The summed E-state index contributed by atoms with van der Waals surface area (Å²) in [6.45, 7) is 0. The van der Waals surface area contributed by atoms with Crippen molar-refractivity contribution in [3.05, 3.63) is 95.0 Å². The highest BCUT2D eigenvalue weighted by atomic mass is 127. The zero-order chi connectivity index (χ0) is 18.7. The lowest BCUT2D eigenvalue weighted by Crippen LogP contribution is -3.85. The maximum absolute atomic E-state index is 12.9. The van der Waals surface area contributed by atoms with E-state index in [0.29, 0.717) is 0 Å². The highest BCUT2D eigenvalue weighted by Crippen LogP contribution is 2.31. The molecule has 0 bridgehead atoms. The van der Waals surface area contributed by atoms with E-state index in [0.717, 1.165) is 7.14 Å². The van der Waals surface area contributed by atoms with Crippen molar-refractivity contribution in [2.45, 2.75) is 4.90 Å². The van der Waals surface area contributed by atoms with Gasteiger partial charge in [0.25, 0.3) is 0 Å². The average molecular weight is 542 g/mol. The van der Waals surface area contributed by atoms with Gasteiger partial charge in [0.1, 0.15) is 4.90 Å². The van der Waals surface area contributed by atoms with E-state index in [9.17, 15) is 8.42 Å². The van der Waals surface area contributed by atoms with E-state index in [2.05, 4.69) is 0 Å². The van der Waals surface area contributed by atoms with E-state index in [-0.39, 0.29) is 20.0 Å². The van der Waals surface area contributed by atoms with Gasteiger partial charge in [-0.05, 0) is 38.9 Å². The van der Waals surface area contributed by atoms with Crippen LogP contribution in [-0.2, 0) is 12.6 Å². The Labute approximate surface area is 174 Å². The molecule has 3 aromatic rings. The fourth-order valence-electron chi connectivity index (χ4n) is 2.07. The van der Waals surface area contributed by atoms with Crippen molar-refractivity contribution in [2.24, 2.45) is 0 Å². The molecule has 0 amide bonds. The molecule has 0 N–H and O–H groups in total. The Morgan fingerprint density at radius 2 is 1.15 bits per heavy atom. The predicted octanol–water partition coefficient (Wildman–Crippen LogP) is 2.63. The first-order valence-electron chi connectivity index (χ1n) is 7.28. The molecule has 0 atom stereocenters. The van der Waals surface area contributed by atoms with Gasteiger partial charge in [0.15, 0.2) is 7.14 Å². The van der Waals surface area contributed by atoms with Crippen LogP contribution in [0.5, 0.6) is 0 Å². The van der Waals surface area contributed by atoms with Gasteiger partial charge >= 0.3 is 30.4 Å². The zero-order valence-electron chi connectivity index (χ0n) is 13.1. The molecule has 0 aliphatic carbocycles. The van der Waals surface area contributed by atoms with Gasteiger partial charge < -0.3 is 0 Å². The zero-order valence-corrected chi connectivity index (χ0v) is 18.3. The van der Waals surface area contributed by atoms with Crippen molar-refractivity contribution in [3.63, 3.8) is 0 Å². The first kappa shape index (κ1) is 19.9. The highest BCUT2D eigenvalue weighted by Gasteiger charge is 2.38. The number of hydrogen-bond donors (Lipinski definition) is 0. The van der Waals surface area contributed by atoms with E-state index in [1.165, 1.54) is 12.1 Å². The van der Waals surface area contributed by atoms with E-state index in [1.807, 2.05) is 60.7 Å². The second-order valence-corrected chi connectivity index (χ2v) is 12.7. The molecule has 0 fully saturated rings. The van der Waals surface area contributed by atoms with Crippen LogP contribution in [0.2, 0.25) is 15.1 Å². The molecule has 26 heavy (non-hydrogen) atoms. The molecule has 0 aliphatic heterocycles. The maximum atomic E-state index is 12.9. The molecule has 8 heteroatoms. The summed E-state index contributed by atoms with van der Waals surface area (Å²) in [5, 5.41) is 0.242. The van der Waals surface area contributed by atoms with Crippen LogP contribution in [0.25, 0.3) is 0 Å². The fraction of sp³-hybridized carbons (Fsp3) is 0. The molecule has 3 aromatic carbocycles. The molecule has 0 saturated heterocycles. The van der Waals surface area contributed by atoms with Crippen molar-refractivity contribution in [2.75, 3.05) is 0 Å². The lowest BCUT2D eigenvalue weighted by molar-refractivity contribution is -1.03. The molecule has 0 aromatic heterocycles. The van der Waals surface area contributed by atoms with E-state index >= 15 is 0 Å². The Balaban J connectivity index is 2.06. The second-order valence-electron chi connectivity index (χ2n) is 5.05. The number of hydrogen-bond acceptors (Lipinski definition) is 3. The van der Waals surface area contributed by atoms with Gasteiger partial charge in [-0.1, -0.05) is 71.2 Å². The summed E-state index contributed by atoms with van der Waals surface area (Å²) >= 11 is 15.2. The van der Waals surface area contributed by atoms with Crippen LogP contribution in [0.1, 0.15) is 0 Å². The van der Waals surface area contributed by atoms with Crippen molar-refractivity contribution in [3.8, 4) is 0 Å². The molecule has 0 aliphatic rings. The molecular weight excluding hydrogens is 530 g/mol. The molecule has 1 radical (unpaired) electrons. The quantitative estimate of drug-likeness (QED) is 0.369. The monoisotopic (exact) mass is 540 g/mol. The van der Waals surface area contributed by atoms with Crippen LogP contribution in [-0.4, -0.2) is 8.42 Å². The first-order chi connectivity index (χ1) is 12.4. The molecule has 3 rings (SSSR count). The maximum Gasteiger partial charge on any atom is 0.337 e. The molecule has 3 nitrogen and oxygen atoms in total. The molecule has 135 valence electrons. The summed E-state index contributed by atoms with van der Waals surface area (Å²) in [6.07, 6.45) is 0. The van der Waals surface area contributed by atoms with Gasteiger partial charge in [-0.25, -0.2) is 0 Å². The summed E-state index contributed by atoms with van der Waals surface area (Å²) in [5.74, 6) is 0. The van der Waals surface area contributed by atoms with Crippen LogP contribution in [0.4, 0.5) is 0 Å². The molecule has 0 heterocycles. The molecule has 0 unspecified atom stereocenters. The van der Waals surface area contributed by atoms with Crippen molar-refractivity contribution in [1.29, 1.82) is 0 Å². The minimum Gasteiger partial charge on any atom is -0.190 e. The third-order valence-corrected chi connectivity index (χ3v) is 11.8. The second kappa shape index (κ2) is 8.46. The third kappa shape index (κ3) is 4.52. The van der Waals surface area contributed by atoms with Crippen LogP contribution >= 0.6 is 34.8 Å². The van der Waals surface area contributed by atoms with E-state index in [1.54, 1.807) is 0 Å². The summed E-state index contributed by atoms with van der Waals surface area (Å²) in [7, 11) is -4.13. The van der Waals surface area contributed by atoms with Crippen molar-refractivity contribution < 1.29 is 31.2 Å². The standard InChI is InChI=1S/C18H12Cl3IO3S/c19-15-11-17(21)18(12-16(15)20)26(23,24)25-22(13-7-3-1-4-8-13)14-9-5-2-6-10-14/h1-12H/q+1. The van der Waals surface area contributed by atoms with Crippen LogP contribution < -0.4 is 20.2 Å². The Hall–Kier alpha value is -0.830. The van der Waals surface area contributed by atoms with Gasteiger partial charge in [-0.2, -0.15) is 8.42 Å². The van der Waals surface area contributed by atoms with Crippen molar-refractivity contribution >= 4 is 44.9 Å². The predicted molar refractivity (Wildman–Crippen MR) is 100 cm³/mol. The van der Waals surface area contributed by atoms with Crippen LogP contribution in [0, 0.1) is 7.14 Å². The minimum atomic E-state index is -4.13. The average Bonchev–Trinajstić information content (AvgIpc) is 2.64. The summed E-state index contributed by atoms with van der Waals surface area (Å²) in [5.41, 5.74) is 0. The number of halogens is 4. The summed E-state index contributed by atoms with van der Waals surface area (Å²) < 4.78 is 33.2. The number of benzene rings is 3. The minimum absolute atomic E-state index is 0.0312. The van der Waals surface area contributed by atoms with Crippen LogP contribution in [0.3, 0.4) is 0 Å². The topological polar surface area (TPSA) is 43.4 Å². The van der Waals surface area contributed by atoms with Gasteiger partial charge in [-0.3, -0.25) is 0 Å². The van der Waals surface area contributed by atoms with Crippen LogP contribution in [0.15, 0.2) is 77.7 Å². The normalized spacial score (nSPS) is 11.7. The highest BCUT2D eigenvalue weighted by molar-refractivity contribution is 7.86. The Morgan fingerprint density at radius 1 is 0.692 bits per heavy atom. The lowest BCUT2D eigenvalue weighted by Gasteiger charge is -2.08. The van der Waals surface area contributed by atoms with Gasteiger partial charge in [0, 0.05) is 0 Å². The summed E-state index contributed by atoms with van der Waals surface area (Å²) in [6, 6.07) is 21.1. The largest absolute Gasteiger partial charge is 0.337 e. The lowest BCUT2D eigenvalue weighted by atomic mass is 10.4. The summed E-state index contributed by atoms with van der Waals surface area (Å²) in [4.78, 5) is -0.192. The smallest absolute Gasteiger partial charge is 0.190 e. The van der Waals surface area contributed by atoms with E-state index < -0.39 is 30.4 Å². The third-order valence-electron chi connectivity index (χ3n) is 3.25. The molecule has 0 saturated carbocycles. The van der Waals surface area contributed by atoms with Crippen molar-refractivity contribution in [1.82, 2.24) is 0 Å². The van der Waals surface area contributed by atoms with Gasteiger partial charge in [0.2, 0.25) is 0 Å². The van der Waals surface area contributed by atoms with Gasteiger partial charge in [-0.15, -0.1) is 0 Å². The van der Waals surface area contributed by atoms with Gasteiger partial charge in [0.05, 0.1) is 15.1 Å². The first-order valence-corrected chi connectivity index (χ1v) is 12.9. The number of rotatable bonds is 5. The Kier molecular flexibility index (Phi) is 6.48. The van der Waals surface area contributed by atoms with E-state index in [4.69, 9.17) is 37.3 Å². The molecular formula is C18H12Cl3IO3S+. The Bertz CT molecular complexity index is 973. The molecule has 0 spiro atoms.